The van der Waals surface area contributed by atoms with E-state index in [4.69, 9.17) is 5.11 Å². The van der Waals surface area contributed by atoms with Crippen LogP contribution in [0.5, 0.6) is 0 Å². The molecular formula is C15H11N3O4. The molecule has 1 aromatic carbocycles. The molecular weight excluding hydrogens is 286 g/mol. The number of hydrogen-bond acceptors (Lipinski definition) is 4. The van der Waals surface area contributed by atoms with E-state index in [9.17, 15) is 14.4 Å². The third kappa shape index (κ3) is 1.99. The number of aromatic carboxylic acids is 1. The maximum Gasteiger partial charge on any atom is 0.337 e. The number of para-hydroxylation sites is 1. The zero-order valence-corrected chi connectivity index (χ0v) is 11.6. The highest BCUT2D eigenvalue weighted by Crippen LogP contribution is 2.13. The van der Waals surface area contributed by atoms with Crippen molar-refractivity contribution in [1.29, 1.82) is 0 Å². The fourth-order valence-electron chi connectivity index (χ4n) is 2.23. The third-order valence-corrected chi connectivity index (χ3v) is 3.35. The molecule has 0 spiro atoms. The van der Waals surface area contributed by atoms with Crippen molar-refractivity contribution in [3.05, 3.63) is 69.0 Å². The largest absolute Gasteiger partial charge is 0.478 e. The molecule has 2 heterocycles. The number of rotatable bonds is 2. The highest BCUT2D eigenvalue weighted by atomic mass is 16.4. The summed E-state index contributed by atoms with van der Waals surface area (Å²) in [6, 6.07) is 9.95. The first-order chi connectivity index (χ1) is 10.5. The summed E-state index contributed by atoms with van der Waals surface area (Å²) in [6.45, 7) is 0. The molecule has 0 atom stereocenters. The van der Waals surface area contributed by atoms with Crippen LogP contribution in [-0.2, 0) is 7.05 Å². The van der Waals surface area contributed by atoms with Gasteiger partial charge in [-0.2, -0.15) is 0 Å². The second kappa shape index (κ2) is 4.96. The fraction of sp³-hybridized carbons (Fsp3) is 0.0667. The molecule has 1 N–H and O–H groups in total. The Hall–Kier alpha value is -3.22. The van der Waals surface area contributed by atoms with Crippen molar-refractivity contribution in [2.75, 3.05) is 0 Å². The molecule has 0 radical (unpaired) electrons. The Labute approximate surface area is 123 Å². The van der Waals surface area contributed by atoms with E-state index in [0.717, 1.165) is 10.8 Å². The van der Waals surface area contributed by atoms with E-state index >= 15 is 0 Å². The second-order valence-corrected chi connectivity index (χ2v) is 4.72. The number of nitrogens with zero attached hydrogens (tertiary/aromatic N) is 3. The molecule has 0 saturated carbocycles. The number of aromatic nitrogens is 3. The van der Waals surface area contributed by atoms with Crippen LogP contribution in [0.4, 0.5) is 0 Å². The molecule has 0 aliphatic heterocycles. The van der Waals surface area contributed by atoms with Gasteiger partial charge in [0.05, 0.1) is 16.6 Å². The third-order valence-electron chi connectivity index (χ3n) is 3.35. The maximum atomic E-state index is 12.4. The van der Waals surface area contributed by atoms with Crippen LogP contribution in [0.3, 0.4) is 0 Å². The van der Waals surface area contributed by atoms with Gasteiger partial charge in [-0.05, 0) is 18.2 Å². The number of hydrogen-bond donors (Lipinski definition) is 1. The molecule has 3 rings (SSSR count). The van der Waals surface area contributed by atoms with Gasteiger partial charge in [0.2, 0.25) is 0 Å². The topological polar surface area (TPSA) is 94.2 Å². The minimum Gasteiger partial charge on any atom is -0.478 e. The summed E-state index contributed by atoms with van der Waals surface area (Å²) in [5.74, 6) is -1.19. The van der Waals surface area contributed by atoms with Crippen LogP contribution in [0.15, 0.2) is 52.2 Å². The number of carboxylic acids is 1. The van der Waals surface area contributed by atoms with Gasteiger partial charge < -0.3 is 5.11 Å². The van der Waals surface area contributed by atoms with Crippen LogP contribution >= 0.6 is 0 Å². The summed E-state index contributed by atoms with van der Waals surface area (Å²) in [5, 5.41) is 9.10. The zero-order valence-electron chi connectivity index (χ0n) is 11.6. The van der Waals surface area contributed by atoms with E-state index in [0.29, 0.717) is 5.69 Å². The SMILES string of the molecule is Cn1c(=O)c2cc(C(=O)O)cnc2n(-c2ccccc2)c1=O. The summed E-state index contributed by atoms with van der Waals surface area (Å²) in [7, 11) is 1.34. The van der Waals surface area contributed by atoms with Gasteiger partial charge >= 0.3 is 11.7 Å². The quantitative estimate of drug-likeness (QED) is 0.754. The van der Waals surface area contributed by atoms with Gasteiger partial charge in [0.25, 0.3) is 5.56 Å². The minimum absolute atomic E-state index is 0.0749. The number of fused-ring (bicyclic) bond motifs is 1. The molecule has 3 aromatic rings. The van der Waals surface area contributed by atoms with Crippen LogP contribution in [0.1, 0.15) is 10.4 Å². The van der Waals surface area contributed by atoms with E-state index in [1.54, 1.807) is 30.3 Å². The Morgan fingerprint density at radius 1 is 1.18 bits per heavy atom. The van der Waals surface area contributed by atoms with E-state index in [-0.39, 0.29) is 16.6 Å². The van der Waals surface area contributed by atoms with Crippen molar-refractivity contribution in [2.24, 2.45) is 7.05 Å². The Bertz CT molecular complexity index is 1000. The molecule has 2 aromatic heterocycles. The number of benzene rings is 1. The standard InChI is InChI=1S/C15H11N3O4/c1-17-13(19)11-7-9(14(20)21)8-16-12(11)18(15(17)22)10-5-3-2-4-6-10/h2-8H,1H3,(H,20,21). The second-order valence-electron chi connectivity index (χ2n) is 4.72. The summed E-state index contributed by atoms with van der Waals surface area (Å²) < 4.78 is 2.21. The number of carboxylic acid groups (broad SMARTS) is 1. The van der Waals surface area contributed by atoms with Gasteiger partial charge in [0.1, 0.15) is 0 Å². The van der Waals surface area contributed by atoms with Crippen molar-refractivity contribution in [1.82, 2.24) is 14.1 Å². The Morgan fingerprint density at radius 3 is 2.50 bits per heavy atom. The lowest BCUT2D eigenvalue weighted by Crippen LogP contribution is -2.37. The summed E-state index contributed by atoms with van der Waals surface area (Å²) in [5.41, 5.74) is -0.558. The molecule has 0 aliphatic carbocycles. The van der Waals surface area contributed by atoms with Gasteiger partial charge in [-0.3, -0.25) is 9.36 Å². The average Bonchev–Trinajstić information content (AvgIpc) is 2.53. The van der Waals surface area contributed by atoms with Crippen molar-refractivity contribution < 1.29 is 9.90 Å². The van der Waals surface area contributed by atoms with E-state index < -0.39 is 17.2 Å². The Balaban J connectivity index is 2.50. The van der Waals surface area contributed by atoms with Crippen LogP contribution in [0.25, 0.3) is 16.7 Å². The van der Waals surface area contributed by atoms with E-state index in [1.165, 1.54) is 17.7 Å². The maximum absolute atomic E-state index is 12.4. The van der Waals surface area contributed by atoms with Crippen LogP contribution in [0, 0.1) is 0 Å². The van der Waals surface area contributed by atoms with Gasteiger partial charge in [0, 0.05) is 13.2 Å². The van der Waals surface area contributed by atoms with E-state index in [1.807, 2.05) is 0 Å². The highest BCUT2D eigenvalue weighted by Gasteiger charge is 2.15. The minimum atomic E-state index is -1.19. The lowest BCUT2D eigenvalue weighted by molar-refractivity contribution is 0.0696. The molecule has 7 heteroatoms. The number of pyridine rings is 1. The Morgan fingerprint density at radius 2 is 1.86 bits per heavy atom. The first-order valence-corrected chi connectivity index (χ1v) is 6.41. The zero-order chi connectivity index (χ0) is 15.9. The summed E-state index contributed by atoms with van der Waals surface area (Å²) >= 11 is 0. The molecule has 0 saturated heterocycles. The van der Waals surface area contributed by atoms with Crippen molar-refractivity contribution >= 4 is 17.0 Å². The predicted molar refractivity (Wildman–Crippen MR) is 79.5 cm³/mol. The van der Waals surface area contributed by atoms with Crippen molar-refractivity contribution in [3.8, 4) is 5.69 Å². The molecule has 22 heavy (non-hydrogen) atoms. The van der Waals surface area contributed by atoms with Gasteiger partial charge in [-0.15, -0.1) is 0 Å². The molecule has 0 bridgehead atoms. The molecule has 110 valence electrons. The molecule has 0 unspecified atom stereocenters. The summed E-state index contributed by atoms with van der Waals surface area (Å²) in [6.07, 6.45) is 1.13. The van der Waals surface area contributed by atoms with Gasteiger partial charge in [0.15, 0.2) is 5.65 Å². The van der Waals surface area contributed by atoms with Crippen molar-refractivity contribution in [3.63, 3.8) is 0 Å². The Kier molecular flexibility index (Phi) is 3.10. The lowest BCUT2D eigenvalue weighted by atomic mass is 10.2. The molecule has 0 aliphatic rings. The first-order valence-electron chi connectivity index (χ1n) is 6.41. The predicted octanol–water partition coefficient (Wildman–Crippen LogP) is 0.783. The highest BCUT2D eigenvalue weighted by molar-refractivity contribution is 5.91. The van der Waals surface area contributed by atoms with Crippen molar-refractivity contribution in [2.45, 2.75) is 0 Å². The molecule has 7 nitrogen and oxygen atoms in total. The fourth-order valence-corrected chi connectivity index (χ4v) is 2.23. The van der Waals surface area contributed by atoms with Gasteiger partial charge in [-0.25, -0.2) is 19.1 Å². The van der Waals surface area contributed by atoms with Crippen LogP contribution in [0.2, 0.25) is 0 Å². The van der Waals surface area contributed by atoms with E-state index in [2.05, 4.69) is 4.98 Å². The van der Waals surface area contributed by atoms with Gasteiger partial charge in [-0.1, -0.05) is 18.2 Å². The average molecular weight is 297 g/mol. The lowest BCUT2D eigenvalue weighted by Gasteiger charge is -2.11. The smallest absolute Gasteiger partial charge is 0.337 e. The first kappa shape index (κ1) is 13.7. The number of carbonyl (C=O) groups is 1. The van der Waals surface area contributed by atoms with Crippen LogP contribution in [-0.4, -0.2) is 25.2 Å². The van der Waals surface area contributed by atoms with Crippen LogP contribution < -0.4 is 11.2 Å². The normalized spacial score (nSPS) is 10.8. The molecule has 0 fully saturated rings. The molecule has 0 amide bonds. The monoisotopic (exact) mass is 297 g/mol. The summed E-state index contributed by atoms with van der Waals surface area (Å²) in [4.78, 5) is 39.7.